The second kappa shape index (κ2) is 15.0. The van der Waals surface area contributed by atoms with Crippen LogP contribution in [-0.4, -0.2) is 77.5 Å². The minimum absolute atomic E-state index is 0.00448. The Morgan fingerprint density at radius 1 is 0.830 bits per heavy atom. The third-order valence-corrected chi connectivity index (χ3v) is 9.18. The molecule has 0 bridgehead atoms. The molecule has 0 spiro atoms. The van der Waals surface area contributed by atoms with Crippen LogP contribution in [0, 0.1) is 5.92 Å². The average Bonchev–Trinajstić information content (AvgIpc) is 3.08. The van der Waals surface area contributed by atoms with Gasteiger partial charge in [-0.05, 0) is 74.9 Å². The summed E-state index contributed by atoms with van der Waals surface area (Å²) >= 11 is 0. The number of hydrogen-bond donors (Lipinski definition) is 1. The van der Waals surface area contributed by atoms with Gasteiger partial charge in [0.1, 0.15) is 11.6 Å². The largest absolute Gasteiger partial charge is 0.444 e. The van der Waals surface area contributed by atoms with Crippen LogP contribution in [0.5, 0.6) is 0 Å². The molecule has 9 heteroatoms. The summed E-state index contributed by atoms with van der Waals surface area (Å²) in [5.74, 6) is -0.503. The van der Waals surface area contributed by atoms with E-state index in [4.69, 9.17) is 4.74 Å². The van der Waals surface area contributed by atoms with Gasteiger partial charge in [0, 0.05) is 56.7 Å². The molecule has 4 amide bonds. The van der Waals surface area contributed by atoms with Crippen molar-refractivity contribution in [2.24, 2.45) is 5.92 Å². The fourth-order valence-electron chi connectivity index (χ4n) is 6.71. The Kier molecular flexibility index (Phi) is 10.8. The fraction of sp³-hybridized carbons (Fsp3) is 0.474. The van der Waals surface area contributed by atoms with Gasteiger partial charge in [-0.2, -0.15) is 0 Å². The van der Waals surface area contributed by atoms with E-state index in [1.165, 1.54) is 0 Å². The van der Waals surface area contributed by atoms with E-state index in [2.05, 4.69) is 11.4 Å². The van der Waals surface area contributed by atoms with Crippen molar-refractivity contribution in [1.82, 2.24) is 15.1 Å². The average molecular weight is 641 g/mol. The Morgan fingerprint density at radius 3 is 2.11 bits per heavy atom. The third-order valence-electron chi connectivity index (χ3n) is 9.18. The number of carbonyl (C=O) groups is 4. The van der Waals surface area contributed by atoms with Gasteiger partial charge in [-0.1, -0.05) is 67.6 Å². The number of nitrogens with one attached hydrogen (secondary N) is 1. The Hall–Kier alpha value is -4.40. The Labute approximate surface area is 278 Å². The SMILES string of the molecule is CCC(=O)N(c1ccccc1)C1CCN(C(=O)C(Cc2cccc3ccccc23)NC(=O)C2CCN(C(=O)OC(C)(C)C)CC2)CC1. The molecule has 2 saturated heterocycles. The molecule has 3 aromatic carbocycles. The van der Waals surface area contributed by atoms with Crippen LogP contribution in [0.1, 0.15) is 65.4 Å². The van der Waals surface area contributed by atoms with Crippen LogP contribution in [-0.2, 0) is 25.5 Å². The van der Waals surface area contributed by atoms with Gasteiger partial charge in [-0.25, -0.2) is 4.79 Å². The molecule has 9 nitrogen and oxygen atoms in total. The van der Waals surface area contributed by atoms with Gasteiger partial charge in [0.05, 0.1) is 0 Å². The summed E-state index contributed by atoms with van der Waals surface area (Å²) in [6.07, 6.45) is 2.74. The summed E-state index contributed by atoms with van der Waals surface area (Å²) in [5.41, 5.74) is 1.29. The van der Waals surface area contributed by atoms with Crippen molar-refractivity contribution in [3.63, 3.8) is 0 Å². The van der Waals surface area contributed by atoms with Crippen molar-refractivity contribution in [2.75, 3.05) is 31.1 Å². The molecule has 0 aromatic heterocycles. The highest BCUT2D eigenvalue weighted by atomic mass is 16.6. The molecule has 250 valence electrons. The maximum atomic E-state index is 14.2. The maximum absolute atomic E-state index is 14.2. The van der Waals surface area contributed by atoms with Gasteiger partial charge in [0.15, 0.2) is 0 Å². The first-order valence-corrected chi connectivity index (χ1v) is 16.9. The summed E-state index contributed by atoms with van der Waals surface area (Å²) in [6.45, 7) is 9.24. The highest BCUT2D eigenvalue weighted by Crippen LogP contribution is 2.27. The fourth-order valence-corrected chi connectivity index (χ4v) is 6.71. The van der Waals surface area contributed by atoms with Crippen molar-refractivity contribution < 1.29 is 23.9 Å². The van der Waals surface area contributed by atoms with Crippen LogP contribution < -0.4 is 10.2 Å². The van der Waals surface area contributed by atoms with E-state index in [1.807, 2.05) is 104 Å². The topological polar surface area (TPSA) is 99.3 Å². The van der Waals surface area contributed by atoms with Crippen molar-refractivity contribution in [1.29, 1.82) is 0 Å². The number of piperidine rings is 2. The van der Waals surface area contributed by atoms with Gasteiger partial charge in [-0.3, -0.25) is 14.4 Å². The van der Waals surface area contributed by atoms with Gasteiger partial charge in [0.2, 0.25) is 17.7 Å². The van der Waals surface area contributed by atoms with Crippen LogP contribution in [0.15, 0.2) is 72.8 Å². The molecule has 1 unspecified atom stereocenters. The van der Waals surface area contributed by atoms with Crippen molar-refractivity contribution >= 4 is 40.3 Å². The molecule has 0 saturated carbocycles. The molecule has 5 rings (SSSR count). The predicted molar refractivity (Wildman–Crippen MR) is 184 cm³/mol. The van der Waals surface area contributed by atoms with Crippen LogP contribution in [0.3, 0.4) is 0 Å². The number of likely N-dealkylation sites (tertiary alicyclic amines) is 2. The van der Waals surface area contributed by atoms with E-state index in [0.29, 0.717) is 64.7 Å². The first-order valence-electron chi connectivity index (χ1n) is 16.9. The molecule has 2 aliphatic heterocycles. The molecule has 0 radical (unpaired) electrons. The lowest BCUT2D eigenvalue weighted by Gasteiger charge is -2.40. The minimum Gasteiger partial charge on any atom is -0.444 e. The number of carbonyl (C=O) groups excluding carboxylic acids is 4. The van der Waals surface area contributed by atoms with Crippen molar-refractivity contribution in [2.45, 2.75) is 83.9 Å². The Balaban J connectivity index is 1.29. The summed E-state index contributed by atoms with van der Waals surface area (Å²) < 4.78 is 5.52. The van der Waals surface area contributed by atoms with Crippen molar-refractivity contribution in [3.8, 4) is 0 Å². The number of amides is 4. The zero-order valence-corrected chi connectivity index (χ0v) is 28.1. The number of rotatable bonds is 8. The number of anilines is 1. The Bertz CT molecular complexity index is 1550. The number of para-hydroxylation sites is 1. The smallest absolute Gasteiger partial charge is 0.410 e. The first-order chi connectivity index (χ1) is 22.5. The third kappa shape index (κ3) is 8.50. The zero-order valence-electron chi connectivity index (χ0n) is 28.1. The van der Waals surface area contributed by atoms with E-state index >= 15 is 0 Å². The van der Waals surface area contributed by atoms with E-state index in [1.54, 1.807) is 4.90 Å². The number of ether oxygens (including phenoxy) is 1. The Morgan fingerprint density at radius 2 is 1.45 bits per heavy atom. The summed E-state index contributed by atoms with van der Waals surface area (Å²) in [4.78, 5) is 58.9. The number of fused-ring (bicyclic) bond motifs is 1. The van der Waals surface area contributed by atoms with Gasteiger partial charge in [-0.15, -0.1) is 0 Å². The first kappa shape index (κ1) is 33.9. The molecule has 2 aliphatic rings. The molecule has 0 aliphatic carbocycles. The molecular weight excluding hydrogens is 592 g/mol. The quantitative estimate of drug-likeness (QED) is 0.328. The lowest BCUT2D eigenvalue weighted by atomic mass is 9.93. The molecule has 3 aromatic rings. The second-order valence-corrected chi connectivity index (χ2v) is 13.7. The summed E-state index contributed by atoms with van der Waals surface area (Å²) in [7, 11) is 0. The van der Waals surface area contributed by atoms with Crippen LogP contribution in [0.2, 0.25) is 0 Å². The van der Waals surface area contributed by atoms with E-state index in [9.17, 15) is 19.2 Å². The molecule has 1 N–H and O–H groups in total. The minimum atomic E-state index is -0.740. The summed E-state index contributed by atoms with van der Waals surface area (Å²) in [5, 5.41) is 5.28. The standard InChI is InChI=1S/C38H48N4O5/c1-5-34(43)42(30-15-7-6-8-16-30)31-20-24-40(25-21-31)36(45)33(26-29-14-11-13-27-12-9-10-17-32(27)29)39-35(44)28-18-22-41(23-19-28)37(46)47-38(2,3)4/h6-17,28,31,33H,5,18-26H2,1-4H3,(H,39,44). The number of hydrogen-bond acceptors (Lipinski definition) is 5. The summed E-state index contributed by atoms with van der Waals surface area (Å²) in [6, 6.07) is 23.1. The molecule has 2 fully saturated rings. The van der Waals surface area contributed by atoms with E-state index in [-0.39, 0.29) is 35.8 Å². The monoisotopic (exact) mass is 640 g/mol. The molecule has 47 heavy (non-hydrogen) atoms. The lowest BCUT2D eigenvalue weighted by Crippen LogP contribution is -2.55. The second-order valence-electron chi connectivity index (χ2n) is 13.7. The van der Waals surface area contributed by atoms with Crippen LogP contribution >= 0.6 is 0 Å². The zero-order chi connectivity index (χ0) is 33.6. The van der Waals surface area contributed by atoms with E-state index < -0.39 is 11.6 Å². The highest BCUT2D eigenvalue weighted by molar-refractivity contribution is 5.94. The number of nitrogens with zero attached hydrogens (tertiary/aromatic N) is 3. The van der Waals surface area contributed by atoms with E-state index in [0.717, 1.165) is 22.0 Å². The predicted octanol–water partition coefficient (Wildman–Crippen LogP) is 5.95. The van der Waals surface area contributed by atoms with Gasteiger partial charge >= 0.3 is 6.09 Å². The maximum Gasteiger partial charge on any atom is 0.410 e. The highest BCUT2D eigenvalue weighted by Gasteiger charge is 2.36. The molecule has 2 heterocycles. The normalized spacial score (nSPS) is 16.9. The van der Waals surface area contributed by atoms with Gasteiger partial charge in [0.25, 0.3) is 0 Å². The van der Waals surface area contributed by atoms with Crippen LogP contribution in [0.25, 0.3) is 10.8 Å². The van der Waals surface area contributed by atoms with Crippen LogP contribution in [0.4, 0.5) is 10.5 Å². The van der Waals surface area contributed by atoms with Gasteiger partial charge < -0.3 is 24.8 Å². The number of benzene rings is 3. The van der Waals surface area contributed by atoms with Crippen molar-refractivity contribution in [3.05, 3.63) is 78.4 Å². The lowest BCUT2D eigenvalue weighted by molar-refractivity contribution is -0.138. The molecule has 1 atom stereocenters. The molecular formula is C38H48N4O5.